The monoisotopic (exact) mass is 345 g/mol. The number of hydrogen-bond acceptors (Lipinski definition) is 5. The lowest BCUT2D eigenvalue weighted by atomic mass is 10.1. The zero-order chi connectivity index (χ0) is 18.0. The largest absolute Gasteiger partial charge is 0.366 e. The normalized spacial score (nSPS) is 18.1. The van der Waals surface area contributed by atoms with Gasteiger partial charge in [-0.3, -0.25) is 4.79 Å². The Bertz CT molecular complexity index is 755. The van der Waals surface area contributed by atoms with Crippen LogP contribution in [-0.2, 0) is 9.53 Å². The summed E-state index contributed by atoms with van der Waals surface area (Å²) in [5.74, 6) is 0.854. The maximum Gasteiger partial charge on any atom is 0.248 e. The van der Waals surface area contributed by atoms with Crippen molar-refractivity contribution < 1.29 is 9.53 Å². The molecular weight excluding hydrogens is 318 g/mol. The van der Waals surface area contributed by atoms with Crippen LogP contribution in [0.5, 0.6) is 0 Å². The molecule has 136 valence electrons. The van der Waals surface area contributed by atoms with E-state index in [2.05, 4.69) is 22.3 Å². The average molecular weight is 345 g/mol. The van der Waals surface area contributed by atoms with Crippen molar-refractivity contribution in [2.45, 2.75) is 52.2 Å². The number of likely N-dealkylation sites (tertiary alicyclic amines) is 1. The number of amides is 1. The zero-order valence-electron chi connectivity index (χ0n) is 15.5. The molecule has 0 aliphatic carbocycles. The molecule has 3 rings (SSSR count). The van der Waals surface area contributed by atoms with Gasteiger partial charge in [0.15, 0.2) is 5.65 Å². The summed E-state index contributed by atoms with van der Waals surface area (Å²) in [6.45, 7) is 9.60. The van der Waals surface area contributed by atoms with Crippen molar-refractivity contribution >= 4 is 17.4 Å². The molecule has 1 aliphatic heterocycles. The first-order chi connectivity index (χ1) is 11.9. The maximum atomic E-state index is 12.3. The van der Waals surface area contributed by atoms with E-state index >= 15 is 0 Å². The number of anilines is 1. The van der Waals surface area contributed by atoms with Crippen molar-refractivity contribution in [2.75, 3.05) is 25.0 Å². The summed E-state index contributed by atoms with van der Waals surface area (Å²) in [5.41, 5.74) is 1.52. The lowest BCUT2D eigenvalue weighted by Crippen LogP contribution is -2.37. The van der Waals surface area contributed by atoms with Crippen LogP contribution in [-0.4, -0.2) is 56.7 Å². The second-order valence-electron chi connectivity index (χ2n) is 7.28. The highest BCUT2D eigenvalue weighted by Gasteiger charge is 2.27. The fraction of sp³-hybridized carbons (Fsp3) is 0.611. The Balaban J connectivity index is 1.54. The van der Waals surface area contributed by atoms with Crippen LogP contribution in [0.4, 0.5) is 5.82 Å². The van der Waals surface area contributed by atoms with Gasteiger partial charge in [-0.2, -0.15) is 0 Å². The maximum absolute atomic E-state index is 12.3. The predicted octanol–water partition coefficient (Wildman–Crippen LogP) is 2.26. The molecule has 0 radical (unpaired) electrons. The van der Waals surface area contributed by atoms with Crippen LogP contribution in [0.25, 0.3) is 5.65 Å². The van der Waals surface area contributed by atoms with Gasteiger partial charge in [-0.1, -0.05) is 6.92 Å². The van der Waals surface area contributed by atoms with Crippen LogP contribution in [0.1, 0.15) is 39.3 Å². The number of aryl methyl sites for hydroxylation is 1. The van der Waals surface area contributed by atoms with E-state index in [1.807, 2.05) is 44.0 Å². The molecule has 3 heterocycles. The number of carbonyl (C=O) groups is 1. The van der Waals surface area contributed by atoms with Gasteiger partial charge < -0.3 is 15.0 Å². The van der Waals surface area contributed by atoms with E-state index in [9.17, 15) is 4.79 Å². The molecule has 2 aromatic rings. The highest BCUT2D eigenvalue weighted by Crippen LogP contribution is 2.17. The summed E-state index contributed by atoms with van der Waals surface area (Å²) >= 11 is 0. The second-order valence-corrected chi connectivity index (χ2v) is 7.28. The van der Waals surface area contributed by atoms with Crippen molar-refractivity contribution in [1.82, 2.24) is 19.5 Å². The first-order valence-corrected chi connectivity index (χ1v) is 8.87. The van der Waals surface area contributed by atoms with E-state index in [1.54, 1.807) is 4.52 Å². The Labute approximate surface area is 148 Å². The lowest BCUT2D eigenvalue weighted by Gasteiger charge is -2.25. The number of imidazole rings is 1. The van der Waals surface area contributed by atoms with Crippen LogP contribution in [0.2, 0.25) is 0 Å². The molecule has 0 aromatic carbocycles. The molecule has 1 amide bonds. The first kappa shape index (κ1) is 17.7. The molecule has 7 heteroatoms. The van der Waals surface area contributed by atoms with E-state index in [1.165, 1.54) is 0 Å². The van der Waals surface area contributed by atoms with Crippen molar-refractivity contribution in [3.63, 3.8) is 0 Å². The van der Waals surface area contributed by atoms with Crippen LogP contribution in [0.15, 0.2) is 18.3 Å². The van der Waals surface area contributed by atoms with Gasteiger partial charge in [-0.15, -0.1) is 5.10 Å². The number of rotatable bonds is 6. The van der Waals surface area contributed by atoms with Crippen molar-refractivity contribution in [3.05, 3.63) is 24.0 Å². The van der Waals surface area contributed by atoms with Gasteiger partial charge in [-0.25, -0.2) is 9.50 Å². The molecule has 25 heavy (non-hydrogen) atoms. The Morgan fingerprint density at radius 1 is 1.44 bits per heavy atom. The molecule has 2 aromatic heterocycles. The minimum absolute atomic E-state index is 0.0551. The number of carbonyl (C=O) groups excluding carboxylic acids is 1. The summed E-state index contributed by atoms with van der Waals surface area (Å²) in [6, 6.07) is 4.08. The Morgan fingerprint density at radius 2 is 2.24 bits per heavy atom. The van der Waals surface area contributed by atoms with E-state index in [4.69, 9.17) is 4.74 Å². The van der Waals surface area contributed by atoms with Crippen LogP contribution in [0.3, 0.4) is 0 Å². The first-order valence-electron chi connectivity index (χ1n) is 8.87. The SMILES string of the molecule is CCC(C)(C)OCC(=O)N1CCC(Nc2ccc3nc(C)cn3n2)C1. The molecule has 1 atom stereocenters. The average Bonchev–Trinajstić information content (AvgIpc) is 3.18. The van der Waals surface area contributed by atoms with Crippen molar-refractivity contribution in [2.24, 2.45) is 0 Å². The van der Waals surface area contributed by atoms with Crippen molar-refractivity contribution in [1.29, 1.82) is 0 Å². The van der Waals surface area contributed by atoms with Gasteiger partial charge in [-0.05, 0) is 45.7 Å². The minimum Gasteiger partial charge on any atom is -0.366 e. The quantitative estimate of drug-likeness (QED) is 0.869. The topological polar surface area (TPSA) is 71.8 Å². The third-order valence-corrected chi connectivity index (χ3v) is 4.77. The number of nitrogens with one attached hydrogen (secondary N) is 1. The molecular formula is C18H27N5O2. The Morgan fingerprint density at radius 3 is 3.00 bits per heavy atom. The number of aromatic nitrogens is 3. The smallest absolute Gasteiger partial charge is 0.248 e. The van der Waals surface area contributed by atoms with E-state index < -0.39 is 0 Å². The van der Waals surface area contributed by atoms with E-state index in [0.29, 0.717) is 6.54 Å². The summed E-state index contributed by atoms with van der Waals surface area (Å²) < 4.78 is 7.50. The molecule has 0 saturated carbocycles. The summed E-state index contributed by atoms with van der Waals surface area (Å²) in [7, 11) is 0. The standard InChI is InChI=1S/C18H27N5O2/c1-5-18(3,4)25-12-17(24)22-9-8-14(11-22)20-15-6-7-16-19-13(2)10-23(16)21-15/h6-7,10,14H,5,8-9,11-12H2,1-4H3,(H,20,21). The third kappa shape index (κ3) is 4.28. The molecule has 1 N–H and O–H groups in total. The van der Waals surface area contributed by atoms with Gasteiger partial charge in [0.25, 0.3) is 0 Å². The highest BCUT2D eigenvalue weighted by atomic mass is 16.5. The summed E-state index contributed by atoms with van der Waals surface area (Å²) in [5, 5.41) is 7.94. The van der Waals surface area contributed by atoms with Crippen LogP contribution < -0.4 is 5.32 Å². The number of hydrogen-bond donors (Lipinski definition) is 1. The summed E-state index contributed by atoms with van der Waals surface area (Å²) in [6.07, 6.45) is 3.69. The molecule has 1 saturated heterocycles. The zero-order valence-corrected chi connectivity index (χ0v) is 15.5. The summed E-state index contributed by atoms with van der Waals surface area (Å²) in [4.78, 5) is 18.6. The van der Waals surface area contributed by atoms with Gasteiger partial charge in [0.1, 0.15) is 12.4 Å². The lowest BCUT2D eigenvalue weighted by molar-refractivity contribution is -0.140. The number of ether oxygens (including phenoxy) is 1. The molecule has 1 aliphatic rings. The minimum atomic E-state index is -0.255. The molecule has 0 bridgehead atoms. The van der Waals surface area contributed by atoms with E-state index in [-0.39, 0.29) is 24.2 Å². The van der Waals surface area contributed by atoms with E-state index in [0.717, 1.165) is 36.5 Å². The third-order valence-electron chi connectivity index (χ3n) is 4.77. The molecule has 0 spiro atoms. The molecule has 1 unspecified atom stereocenters. The van der Waals surface area contributed by atoms with Gasteiger partial charge in [0.2, 0.25) is 5.91 Å². The molecule has 7 nitrogen and oxygen atoms in total. The highest BCUT2D eigenvalue weighted by molar-refractivity contribution is 5.78. The molecule has 1 fully saturated rings. The second kappa shape index (κ2) is 7.00. The van der Waals surface area contributed by atoms with Gasteiger partial charge in [0, 0.05) is 19.1 Å². The Hall–Kier alpha value is -2.15. The fourth-order valence-electron chi connectivity index (χ4n) is 2.84. The predicted molar refractivity (Wildman–Crippen MR) is 96.7 cm³/mol. The van der Waals surface area contributed by atoms with Gasteiger partial charge >= 0.3 is 0 Å². The Kier molecular flexibility index (Phi) is 4.94. The number of nitrogens with zero attached hydrogens (tertiary/aromatic N) is 4. The van der Waals surface area contributed by atoms with Crippen LogP contribution >= 0.6 is 0 Å². The van der Waals surface area contributed by atoms with Crippen LogP contribution in [0, 0.1) is 6.92 Å². The number of fused-ring (bicyclic) bond motifs is 1. The van der Waals surface area contributed by atoms with Crippen molar-refractivity contribution in [3.8, 4) is 0 Å². The van der Waals surface area contributed by atoms with Gasteiger partial charge in [0.05, 0.1) is 17.5 Å². The fourth-order valence-corrected chi connectivity index (χ4v) is 2.84.